The van der Waals surface area contributed by atoms with Gasteiger partial charge in [0.1, 0.15) is 5.82 Å². The van der Waals surface area contributed by atoms with Crippen molar-refractivity contribution in [2.24, 2.45) is 0 Å². The van der Waals surface area contributed by atoms with Gasteiger partial charge in [-0.2, -0.15) is 13.2 Å². The SMILES string of the molecule is Fc1ccc(C(Cl)Cc2ccc(C(F)(F)F)cc2)c(I)c1. The van der Waals surface area contributed by atoms with Crippen molar-refractivity contribution < 1.29 is 17.6 Å². The summed E-state index contributed by atoms with van der Waals surface area (Å²) in [6.45, 7) is 0. The van der Waals surface area contributed by atoms with Crippen molar-refractivity contribution in [2.45, 2.75) is 18.0 Å². The number of alkyl halides is 4. The van der Waals surface area contributed by atoms with Crippen LogP contribution in [0.3, 0.4) is 0 Å². The first-order chi connectivity index (χ1) is 9.77. The highest BCUT2D eigenvalue weighted by Crippen LogP contribution is 2.32. The molecular formula is C15H10ClF4I. The lowest BCUT2D eigenvalue weighted by atomic mass is 10.0. The molecule has 0 aromatic heterocycles. The molecule has 0 fully saturated rings. The van der Waals surface area contributed by atoms with Crippen molar-refractivity contribution in [1.29, 1.82) is 0 Å². The number of hydrogen-bond acceptors (Lipinski definition) is 0. The van der Waals surface area contributed by atoms with E-state index in [-0.39, 0.29) is 5.82 Å². The van der Waals surface area contributed by atoms with E-state index in [4.69, 9.17) is 11.6 Å². The fraction of sp³-hybridized carbons (Fsp3) is 0.200. The van der Waals surface area contributed by atoms with Crippen LogP contribution in [0.2, 0.25) is 0 Å². The summed E-state index contributed by atoms with van der Waals surface area (Å²) in [6.07, 6.45) is -3.97. The molecule has 0 aliphatic rings. The smallest absolute Gasteiger partial charge is 0.207 e. The molecule has 1 atom stereocenters. The zero-order chi connectivity index (χ0) is 15.6. The average molecular weight is 429 g/mol. The fourth-order valence-electron chi connectivity index (χ4n) is 1.90. The Kier molecular flexibility index (Phi) is 5.14. The molecule has 0 heterocycles. The van der Waals surface area contributed by atoms with Gasteiger partial charge in [-0.15, -0.1) is 11.6 Å². The molecule has 0 aliphatic carbocycles. The van der Waals surface area contributed by atoms with Crippen molar-refractivity contribution in [1.82, 2.24) is 0 Å². The zero-order valence-corrected chi connectivity index (χ0v) is 13.5. The van der Waals surface area contributed by atoms with Crippen LogP contribution in [0.4, 0.5) is 17.6 Å². The zero-order valence-electron chi connectivity index (χ0n) is 10.6. The van der Waals surface area contributed by atoms with Crippen LogP contribution in [0.15, 0.2) is 42.5 Å². The summed E-state index contributed by atoms with van der Waals surface area (Å²) in [7, 11) is 0. The van der Waals surface area contributed by atoms with Gasteiger partial charge in [-0.3, -0.25) is 0 Å². The monoisotopic (exact) mass is 428 g/mol. The van der Waals surface area contributed by atoms with Crippen molar-refractivity contribution in [3.8, 4) is 0 Å². The fourth-order valence-corrected chi connectivity index (χ4v) is 3.31. The van der Waals surface area contributed by atoms with Crippen LogP contribution in [-0.2, 0) is 12.6 Å². The summed E-state index contributed by atoms with van der Waals surface area (Å²) in [5.41, 5.74) is 0.774. The predicted octanol–water partition coefficient (Wildman–Crippen LogP) is 5.97. The largest absolute Gasteiger partial charge is 0.416 e. The van der Waals surface area contributed by atoms with Gasteiger partial charge in [0.05, 0.1) is 10.9 Å². The molecule has 0 nitrogen and oxygen atoms in total. The Morgan fingerprint density at radius 1 is 1.05 bits per heavy atom. The van der Waals surface area contributed by atoms with Crippen molar-refractivity contribution in [3.63, 3.8) is 0 Å². The average Bonchev–Trinajstić information content (AvgIpc) is 2.38. The highest BCUT2D eigenvalue weighted by Gasteiger charge is 2.30. The first-order valence-electron chi connectivity index (χ1n) is 6.02. The molecular weight excluding hydrogens is 419 g/mol. The molecule has 0 bridgehead atoms. The molecule has 0 saturated heterocycles. The van der Waals surface area contributed by atoms with Gasteiger partial charge in [0.25, 0.3) is 0 Å². The minimum Gasteiger partial charge on any atom is -0.207 e. The minimum atomic E-state index is -4.34. The lowest BCUT2D eigenvalue weighted by Crippen LogP contribution is -2.05. The van der Waals surface area contributed by atoms with E-state index < -0.39 is 17.1 Å². The summed E-state index contributed by atoms with van der Waals surface area (Å²) in [5, 5.41) is -0.422. The Morgan fingerprint density at radius 2 is 1.67 bits per heavy atom. The molecule has 2 rings (SSSR count). The second kappa shape index (κ2) is 6.52. The van der Waals surface area contributed by atoms with Crippen LogP contribution >= 0.6 is 34.2 Å². The van der Waals surface area contributed by atoms with Crippen molar-refractivity contribution >= 4 is 34.2 Å². The third-order valence-electron chi connectivity index (χ3n) is 3.00. The Bertz CT molecular complexity index is 623. The number of hydrogen-bond donors (Lipinski definition) is 0. The maximum absolute atomic E-state index is 13.0. The van der Waals surface area contributed by atoms with E-state index in [2.05, 4.69) is 0 Å². The summed E-state index contributed by atoms with van der Waals surface area (Å²) in [6, 6.07) is 9.18. The topological polar surface area (TPSA) is 0 Å². The summed E-state index contributed by atoms with van der Waals surface area (Å²) in [4.78, 5) is 0. The molecule has 2 aromatic rings. The Balaban J connectivity index is 2.14. The van der Waals surface area contributed by atoms with Gasteiger partial charge < -0.3 is 0 Å². The molecule has 0 saturated carbocycles. The second-order valence-electron chi connectivity index (χ2n) is 4.53. The van der Waals surface area contributed by atoms with Crippen LogP contribution in [0.25, 0.3) is 0 Å². The lowest BCUT2D eigenvalue weighted by Gasteiger charge is -2.13. The standard InChI is InChI=1S/C15H10ClF4I/c16-13(12-6-5-11(17)8-14(12)21)7-9-1-3-10(4-2-9)15(18,19)20/h1-6,8,13H,7H2. The Labute approximate surface area is 138 Å². The van der Waals surface area contributed by atoms with Crippen molar-refractivity contribution in [2.75, 3.05) is 0 Å². The van der Waals surface area contributed by atoms with Gasteiger partial charge in [-0.1, -0.05) is 18.2 Å². The summed E-state index contributed by atoms with van der Waals surface area (Å²) >= 11 is 8.27. The first-order valence-corrected chi connectivity index (χ1v) is 7.54. The van der Waals surface area contributed by atoms with Crippen LogP contribution < -0.4 is 0 Å². The number of benzene rings is 2. The first kappa shape index (κ1) is 16.5. The van der Waals surface area contributed by atoms with E-state index in [9.17, 15) is 17.6 Å². The van der Waals surface area contributed by atoms with Crippen LogP contribution in [-0.4, -0.2) is 0 Å². The Morgan fingerprint density at radius 3 is 2.19 bits per heavy atom. The maximum atomic E-state index is 13.0. The normalized spacial score (nSPS) is 13.2. The number of rotatable bonds is 3. The van der Waals surface area contributed by atoms with E-state index in [1.807, 2.05) is 22.6 Å². The van der Waals surface area contributed by atoms with Gasteiger partial charge >= 0.3 is 6.18 Å². The molecule has 6 heteroatoms. The quantitative estimate of drug-likeness (QED) is 0.321. The molecule has 0 aliphatic heterocycles. The van der Waals surface area contributed by atoms with Gasteiger partial charge in [0.15, 0.2) is 0 Å². The number of halogens is 6. The van der Waals surface area contributed by atoms with Crippen LogP contribution in [0.1, 0.15) is 22.1 Å². The van der Waals surface area contributed by atoms with Gasteiger partial charge in [-0.25, -0.2) is 4.39 Å². The minimum absolute atomic E-state index is 0.346. The molecule has 0 amide bonds. The molecule has 21 heavy (non-hydrogen) atoms. The molecule has 0 N–H and O–H groups in total. The highest BCUT2D eigenvalue weighted by molar-refractivity contribution is 14.1. The third-order valence-corrected chi connectivity index (χ3v) is 4.32. The molecule has 0 spiro atoms. The molecule has 112 valence electrons. The van der Waals surface area contributed by atoms with Gasteiger partial charge in [0, 0.05) is 3.57 Å². The molecule has 0 radical (unpaired) electrons. The van der Waals surface area contributed by atoms with E-state index in [0.717, 1.165) is 17.7 Å². The van der Waals surface area contributed by atoms with Crippen LogP contribution in [0, 0.1) is 9.39 Å². The van der Waals surface area contributed by atoms with Gasteiger partial charge in [-0.05, 0) is 64.4 Å². The van der Waals surface area contributed by atoms with E-state index in [1.165, 1.54) is 24.3 Å². The van der Waals surface area contributed by atoms with E-state index in [0.29, 0.717) is 15.6 Å². The highest BCUT2D eigenvalue weighted by atomic mass is 127. The van der Waals surface area contributed by atoms with Crippen molar-refractivity contribution in [3.05, 3.63) is 68.5 Å². The van der Waals surface area contributed by atoms with Crippen LogP contribution in [0.5, 0.6) is 0 Å². The maximum Gasteiger partial charge on any atom is 0.416 e. The summed E-state index contributed by atoms with van der Waals surface area (Å²) < 4.78 is 51.2. The third kappa shape index (κ3) is 4.32. The van der Waals surface area contributed by atoms with E-state index in [1.54, 1.807) is 6.07 Å². The second-order valence-corrected chi connectivity index (χ2v) is 6.22. The molecule has 2 aromatic carbocycles. The summed E-state index contributed by atoms with van der Waals surface area (Å²) in [5.74, 6) is -0.346. The lowest BCUT2D eigenvalue weighted by molar-refractivity contribution is -0.137. The Hall–Kier alpha value is -0.820. The van der Waals surface area contributed by atoms with Gasteiger partial charge in [0.2, 0.25) is 0 Å². The van der Waals surface area contributed by atoms with E-state index >= 15 is 0 Å². The predicted molar refractivity (Wildman–Crippen MR) is 82.9 cm³/mol. The molecule has 1 unspecified atom stereocenters.